The lowest BCUT2D eigenvalue weighted by Crippen LogP contribution is -2.86. The maximum absolute atomic E-state index is 13.0. The smallest absolute Gasteiger partial charge is 0.479 e. The van der Waals surface area contributed by atoms with Crippen LogP contribution in [0.15, 0.2) is 12.1 Å². The number of ether oxygens (including phenoxy) is 6. The molecule has 264 valence electrons. The van der Waals surface area contributed by atoms with Crippen LogP contribution in [0.2, 0.25) is 0 Å². The van der Waals surface area contributed by atoms with E-state index in [-0.39, 0.29) is 30.6 Å². The van der Waals surface area contributed by atoms with Gasteiger partial charge in [-0.1, -0.05) is 26.8 Å². The van der Waals surface area contributed by atoms with Crippen LogP contribution >= 0.6 is 0 Å². The lowest BCUT2D eigenvalue weighted by atomic mass is 9.31. The fraction of sp³-hybridized carbons (Fsp3) is 0.816. The third-order valence-corrected chi connectivity index (χ3v) is 13.7. The van der Waals surface area contributed by atoms with Crippen molar-refractivity contribution in [2.45, 2.75) is 122 Å². The number of hydrogen-bond acceptors (Lipinski definition) is 9. The third kappa shape index (κ3) is 4.99. The number of piperidine rings is 1. The molecule has 9 heteroatoms. The third-order valence-electron chi connectivity index (χ3n) is 13.7. The van der Waals surface area contributed by atoms with Gasteiger partial charge in [-0.3, -0.25) is 4.90 Å². The average Bonchev–Trinajstić information content (AvgIpc) is 3.79. The number of hydrogen-bond donors (Lipinski definition) is 1. The molecule has 9 nitrogen and oxygen atoms in total. The molecule has 7 atom stereocenters. The van der Waals surface area contributed by atoms with Crippen LogP contribution in [0.25, 0.3) is 0 Å². The molecule has 2 spiro atoms. The summed E-state index contributed by atoms with van der Waals surface area (Å²) >= 11 is 0. The normalized spacial score (nSPS) is 35.8. The minimum absolute atomic E-state index is 0.0787. The van der Waals surface area contributed by atoms with E-state index < -0.39 is 33.8 Å². The summed E-state index contributed by atoms with van der Waals surface area (Å²) in [7, 11) is 1.80. The number of aliphatic hydroxyl groups is 1. The van der Waals surface area contributed by atoms with Crippen molar-refractivity contribution in [3.63, 3.8) is 0 Å². The second-order valence-corrected chi connectivity index (χ2v) is 16.4. The number of likely N-dealkylation sites (tertiary alicyclic amines) is 1. The summed E-state index contributed by atoms with van der Waals surface area (Å²) in [6.45, 7) is 21.2. The van der Waals surface area contributed by atoms with Crippen LogP contribution in [0.4, 0.5) is 4.79 Å². The fourth-order valence-corrected chi connectivity index (χ4v) is 10.6. The van der Waals surface area contributed by atoms with Gasteiger partial charge in [0, 0.05) is 43.2 Å². The number of carbonyl (C=O) groups is 1. The molecule has 1 saturated heterocycles. The van der Waals surface area contributed by atoms with Gasteiger partial charge in [-0.25, -0.2) is 4.79 Å². The highest BCUT2D eigenvalue weighted by Gasteiger charge is 2.85. The Morgan fingerprint density at radius 2 is 1.77 bits per heavy atom. The van der Waals surface area contributed by atoms with Crippen molar-refractivity contribution in [1.29, 1.82) is 0 Å². The summed E-state index contributed by atoms with van der Waals surface area (Å²) in [5.74, 6) is 1.58. The Hall–Kier alpha value is -1.91. The molecule has 1 aromatic rings. The van der Waals surface area contributed by atoms with Crippen LogP contribution in [-0.4, -0.2) is 92.2 Å². The molecule has 2 aliphatic heterocycles. The van der Waals surface area contributed by atoms with Crippen LogP contribution in [-0.2, 0) is 24.4 Å². The monoisotopic (exact) mass is 657 g/mol. The predicted octanol–water partition coefficient (Wildman–Crippen LogP) is 6.44. The Kier molecular flexibility index (Phi) is 9.03. The molecule has 5 fully saturated rings. The fourth-order valence-electron chi connectivity index (χ4n) is 10.6. The van der Waals surface area contributed by atoms with Gasteiger partial charge in [0.2, 0.25) is 0 Å². The predicted molar refractivity (Wildman–Crippen MR) is 179 cm³/mol. The van der Waals surface area contributed by atoms with Gasteiger partial charge < -0.3 is 33.5 Å². The molecule has 0 radical (unpaired) electrons. The highest BCUT2D eigenvalue weighted by atomic mass is 16.7. The van der Waals surface area contributed by atoms with Gasteiger partial charge in [-0.05, 0) is 103 Å². The van der Waals surface area contributed by atoms with Gasteiger partial charge in [0.05, 0.1) is 30.8 Å². The number of carbonyl (C=O) groups excluding carboxylic acids is 1. The number of aryl methyl sites for hydroxylation is 1. The van der Waals surface area contributed by atoms with Gasteiger partial charge in [0.25, 0.3) is 0 Å². The molecule has 2 heterocycles. The Bertz CT molecular complexity index is 1340. The maximum Gasteiger partial charge on any atom is 0.514 e. The second kappa shape index (κ2) is 12.1. The number of methoxy groups -OCH3 is 1. The van der Waals surface area contributed by atoms with Crippen molar-refractivity contribution >= 4 is 6.16 Å². The van der Waals surface area contributed by atoms with Crippen LogP contribution in [0.5, 0.6) is 11.5 Å². The van der Waals surface area contributed by atoms with Crippen molar-refractivity contribution in [1.82, 2.24) is 4.90 Å². The van der Waals surface area contributed by atoms with Gasteiger partial charge in [-0.2, -0.15) is 0 Å². The van der Waals surface area contributed by atoms with E-state index in [1.54, 1.807) is 7.11 Å². The standard InChI is InChI=1S/C38H59NO8/c1-10-43-19-20-44-21-22-45-32(40)46-28-14-11-25(2)30-31(28)47-35(8)37(30)17-18-39(24-27-12-13-27)26(3)36(37)15-16-38(35,42-9)29(23-36)34(7,41)33(4,5)6/h11,14,26-27,29,41H,10,12-13,15-24H2,1-9H3. The Labute approximate surface area is 281 Å². The number of nitrogens with zero attached hydrogens (tertiary/aromatic N) is 1. The van der Waals surface area contributed by atoms with Gasteiger partial charge >= 0.3 is 6.16 Å². The molecule has 7 unspecified atom stereocenters. The highest BCUT2D eigenvalue weighted by Crippen LogP contribution is 2.80. The van der Waals surface area contributed by atoms with Crippen LogP contribution in [0.3, 0.4) is 0 Å². The Balaban J connectivity index is 1.41. The van der Waals surface area contributed by atoms with E-state index in [0.29, 0.717) is 31.3 Å². The first-order valence-corrected chi connectivity index (χ1v) is 18.0. The van der Waals surface area contributed by atoms with E-state index in [9.17, 15) is 9.90 Å². The summed E-state index contributed by atoms with van der Waals surface area (Å²) in [5, 5.41) is 12.6. The lowest BCUT2D eigenvalue weighted by Gasteiger charge is -2.77. The topological polar surface area (TPSA) is 95.9 Å². The zero-order chi connectivity index (χ0) is 34.0. The molecular formula is C38H59NO8. The average molecular weight is 658 g/mol. The minimum atomic E-state index is -1.04. The molecule has 1 aromatic carbocycles. The van der Waals surface area contributed by atoms with Crippen LogP contribution in [0, 0.1) is 29.6 Å². The van der Waals surface area contributed by atoms with E-state index in [0.717, 1.165) is 55.8 Å². The first-order chi connectivity index (χ1) is 22.2. The molecule has 47 heavy (non-hydrogen) atoms. The molecule has 0 aromatic heterocycles. The van der Waals surface area contributed by atoms with Crippen molar-refractivity contribution in [2.75, 3.05) is 53.2 Å². The number of benzene rings is 1. The van der Waals surface area contributed by atoms with E-state index in [1.807, 2.05) is 19.9 Å². The zero-order valence-corrected chi connectivity index (χ0v) is 30.3. The first kappa shape index (κ1) is 34.9. The summed E-state index contributed by atoms with van der Waals surface area (Å²) in [4.78, 5) is 15.8. The Morgan fingerprint density at radius 3 is 2.43 bits per heavy atom. The maximum atomic E-state index is 13.0. The first-order valence-electron chi connectivity index (χ1n) is 18.0. The second-order valence-electron chi connectivity index (χ2n) is 16.4. The number of fused-ring (bicyclic) bond motifs is 3. The molecule has 0 amide bonds. The van der Waals surface area contributed by atoms with Crippen molar-refractivity contribution in [3.8, 4) is 11.5 Å². The lowest BCUT2D eigenvalue weighted by molar-refractivity contribution is -0.342. The van der Waals surface area contributed by atoms with Crippen molar-refractivity contribution in [3.05, 3.63) is 23.3 Å². The molecule has 4 saturated carbocycles. The SMILES string of the molecule is CCOCCOCCOC(=O)Oc1ccc(C)c2c1OC1(C)C3(OC)CCC4(CC3C(C)(O)C(C)(C)C)C(C)N(CC3CC3)CCC241. The molecule has 1 N–H and O–H groups in total. The summed E-state index contributed by atoms with van der Waals surface area (Å²) < 4.78 is 36.3. The van der Waals surface area contributed by atoms with Crippen LogP contribution in [0.1, 0.15) is 98.1 Å². The van der Waals surface area contributed by atoms with Gasteiger partial charge in [0.15, 0.2) is 11.5 Å². The molecule has 6 aliphatic rings. The van der Waals surface area contributed by atoms with E-state index in [4.69, 9.17) is 28.4 Å². The molecular weight excluding hydrogens is 598 g/mol. The van der Waals surface area contributed by atoms with E-state index >= 15 is 0 Å². The van der Waals surface area contributed by atoms with Gasteiger partial charge in [-0.15, -0.1) is 0 Å². The van der Waals surface area contributed by atoms with Gasteiger partial charge in [0.1, 0.15) is 17.8 Å². The molecule has 7 rings (SSSR count). The molecule has 4 aliphatic carbocycles. The zero-order valence-electron chi connectivity index (χ0n) is 30.3. The van der Waals surface area contributed by atoms with Crippen molar-refractivity contribution < 1.29 is 38.3 Å². The summed E-state index contributed by atoms with van der Waals surface area (Å²) in [6.07, 6.45) is 5.36. The molecule has 2 bridgehead atoms. The summed E-state index contributed by atoms with van der Waals surface area (Å²) in [6, 6.07) is 4.16. The van der Waals surface area contributed by atoms with E-state index in [1.165, 1.54) is 12.8 Å². The highest BCUT2D eigenvalue weighted by molar-refractivity contribution is 5.69. The quantitative estimate of drug-likeness (QED) is 0.155. The minimum Gasteiger partial charge on any atom is -0.479 e. The number of rotatable bonds is 12. The summed E-state index contributed by atoms with van der Waals surface area (Å²) in [5.41, 5.74) is -1.36. The van der Waals surface area contributed by atoms with Crippen LogP contribution < -0.4 is 9.47 Å². The Morgan fingerprint density at radius 1 is 1.06 bits per heavy atom. The van der Waals surface area contributed by atoms with Crippen molar-refractivity contribution in [2.24, 2.45) is 22.7 Å². The van der Waals surface area contributed by atoms with E-state index in [2.05, 4.69) is 52.5 Å². The largest absolute Gasteiger partial charge is 0.514 e.